The molecule has 4 aliphatic rings. The van der Waals surface area contributed by atoms with Crippen molar-refractivity contribution in [3.63, 3.8) is 0 Å². The van der Waals surface area contributed by atoms with Crippen molar-refractivity contribution in [3.05, 3.63) is 63.6 Å². The zero-order chi connectivity index (χ0) is 19.1. The van der Waals surface area contributed by atoms with E-state index in [1.54, 1.807) is 0 Å². The number of hydrogen-bond acceptors (Lipinski definition) is 2. The molecule has 1 N–H and O–H groups in total. The Kier molecular flexibility index (Phi) is 5.30. The van der Waals surface area contributed by atoms with E-state index >= 15 is 0 Å². The second-order valence-electron chi connectivity index (χ2n) is 8.97. The minimum atomic E-state index is 0.380. The molecule has 4 fully saturated rings. The Bertz CT molecular complexity index is 804. The van der Waals surface area contributed by atoms with Gasteiger partial charge in [-0.05, 0) is 85.6 Å². The molecule has 4 aliphatic carbocycles. The van der Waals surface area contributed by atoms with Crippen LogP contribution in [0.3, 0.4) is 0 Å². The van der Waals surface area contributed by atoms with E-state index in [0.29, 0.717) is 22.7 Å². The van der Waals surface area contributed by atoms with Crippen LogP contribution in [0.4, 0.5) is 0 Å². The lowest BCUT2D eigenvalue weighted by Crippen LogP contribution is -2.54. The SMILES string of the molecule is Clc1cccc(Cl)c1COc1cccc(CNC2C3CC4CC(C3)CC2C4)c1. The molecule has 0 heterocycles. The van der Waals surface area contributed by atoms with Crippen LogP contribution < -0.4 is 10.1 Å². The topological polar surface area (TPSA) is 21.3 Å². The average molecular weight is 416 g/mol. The minimum absolute atomic E-state index is 0.380. The zero-order valence-electron chi connectivity index (χ0n) is 16.0. The highest BCUT2D eigenvalue weighted by Gasteiger charge is 2.47. The molecule has 4 bridgehead atoms. The van der Waals surface area contributed by atoms with Crippen molar-refractivity contribution < 1.29 is 4.74 Å². The first kappa shape index (κ1) is 18.8. The molecule has 4 saturated carbocycles. The van der Waals surface area contributed by atoms with Gasteiger partial charge in [-0.1, -0.05) is 41.4 Å². The van der Waals surface area contributed by atoms with Crippen LogP contribution in [-0.4, -0.2) is 6.04 Å². The predicted molar refractivity (Wildman–Crippen MR) is 115 cm³/mol. The Balaban J connectivity index is 1.20. The molecule has 0 spiro atoms. The molecule has 148 valence electrons. The van der Waals surface area contributed by atoms with E-state index in [9.17, 15) is 0 Å². The molecule has 2 nitrogen and oxygen atoms in total. The van der Waals surface area contributed by atoms with Gasteiger partial charge in [0.15, 0.2) is 0 Å². The smallest absolute Gasteiger partial charge is 0.120 e. The van der Waals surface area contributed by atoms with Crippen molar-refractivity contribution in [1.82, 2.24) is 5.32 Å². The Morgan fingerprint density at radius 1 is 0.857 bits per heavy atom. The minimum Gasteiger partial charge on any atom is -0.489 e. The summed E-state index contributed by atoms with van der Waals surface area (Å²) in [4.78, 5) is 0. The number of ether oxygens (including phenoxy) is 1. The lowest BCUT2D eigenvalue weighted by molar-refractivity contribution is -0.0142. The summed E-state index contributed by atoms with van der Waals surface area (Å²) in [5, 5.41) is 5.19. The highest BCUT2D eigenvalue weighted by atomic mass is 35.5. The first-order chi connectivity index (χ1) is 13.7. The number of halogens is 2. The van der Waals surface area contributed by atoms with Gasteiger partial charge >= 0.3 is 0 Å². The van der Waals surface area contributed by atoms with Crippen molar-refractivity contribution in [1.29, 1.82) is 0 Å². The van der Waals surface area contributed by atoms with Crippen LogP contribution in [0.1, 0.15) is 43.2 Å². The third-order valence-corrected chi connectivity index (χ3v) is 7.82. The summed E-state index contributed by atoms with van der Waals surface area (Å²) in [6.45, 7) is 1.29. The molecular formula is C24H27Cl2NO. The summed E-state index contributed by atoms with van der Waals surface area (Å²) in [5.74, 6) is 4.71. The van der Waals surface area contributed by atoms with Gasteiger partial charge in [-0.25, -0.2) is 0 Å². The molecule has 2 aromatic carbocycles. The number of nitrogens with one attached hydrogen (secondary N) is 1. The molecule has 0 aromatic heterocycles. The van der Waals surface area contributed by atoms with Gasteiger partial charge in [0, 0.05) is 28.2 Å². The highest BCUT2D eigenvalue weighted by Crippen LogP contribution is 2.53. The third-order valence-electron chi connectivity index (χ3n) is 7.11. The lowest BCUT2D eigenvalue weighted by atomic mass is 9.54. The molecular weight excluding hydrogens is 389 g/mol. The van der Waals surface area contributed by atoms with E-state index in [1.807, 2.05) is 24.3 Å². The van der Waals surface area contributed by atoms with Gasteiger partial charge in [0.1, 0.15) is 12.4 Å². The maximum Gasteiger partial charge on any atom is 0.120 e. The fraction of sp³-hybridized carbons (Fsp3) is 0.500. The number of hydrogen-bond donors (Lipinski definition) is 1. The van der Waals surface area contributed by atoms with Crippen molar-refractivity contribution in [2.24, 2.45) is 23.7 Å². The predicted octanol–water partition coefficient (Wildman–Crippen LogP) is 6.49. The van der Waals surface area contributed by atoms with E-state index in [1.165, 1.54) is 37.7 Å². The van der Waals surface area contributed by atoms with E-state index in [2.05, 4.69) is 23.5 Å². The Morgan fingerprint density at radius 3 is 2.18 bits per heavy atom. The van der Waals surface area contributed by atoms with Crippen LogP contribution in [-0.2, 0) is 13.2 Å². The molecule has 0 radical (unpaired) electrons. The Labute approximate surface area is 177 Å². The Morgan fingerprint density at radius 2 is 1.50 bits per heavy atom. The van der Waals surface area contributed by atoms with Crippen molar-refractivity contribution in [2.75, 3.05) is 0 Å². The standard InChI is InChI=1S/C24H27Cl2NO/c25-22-5-2-6-23(26)21(22)14-28-20-4-1-3-15(12-20)13-27-24-18-8-16-7-17(10-18)11-19(24)9-16/h1-6,12,16-19,24,27H,7-11,13-14H2. The third kappa shape index (κ3) is 3.79. The molecule has 0 atom stereocenters. The summed E-state index contributed by atoms with van der Waals surface area (Å²) >= 11 is 12.5. The van der Waals surface area contributed by atoms with E-state index in [4.69, 9.17) is 27.9 Å². The maximum absolute atomic E-state index is 6.25. The van der Waals surface area contributed by atoms with E-state index in [-0.39, 0.29) is 0 Å². The molecule has 0 saturated heterocycles. The monoisotopic (exact) mass is 415 g/mol. The normalized spacial score (nSPS) is 30.6. The van der Waals surface area contributed by atoms with Gasteiger partial charge in [-0.2, -0.15) is 0 Å². The van der Waals surface area contributed by atoms with Crippen LogP contribution in [0.2, 0.25) is 10.0 Å². The Hall–Kier alpha value is -1.22. The van der Waals surface area contributed by atoms with Gasteiger partial charge in [-0.3, -0.25) is 0 Å². The second-order valence-corrected chi connectivity index (χ2v) is 9.79. The van der Waals surface area contributed by atoms with Gasteiger partial charge in [0.05, 0.1) is 0 Å². The molecule has 6 rings (SSSR count). The summed E-state index contributed by atoms with van der Waals surface area (Å²) in [5.41, 5.74) is 2.11. The second kappa shape index (κ2) is 7.89. The average Bonchev–Trinajstić information content (AvgIpc) is 2.67. The van der Waals surface area contributed by atoms with Gasteiger partial charge in [0.25, 0.3) is 0 Å². The molecule has 0 amide bonds. The fourth-order valence-electron chi connectivity index (χ4n) is 6.07. The van der Waals surface area contributed by atoms with Crippen molar-refractivity contribution in [2.45, 2.75) is 51.3 Å². The van der Waals surface area contributed by atoms with Crippen LogP contribution in [0.5, 0.6) is 5.75 Å². The molecule has 0 unspecified atom stereocenters. The zero-order valence-corrected chi connectivity index (χ0v) is 17.6. The van der Waals surface area contributed by atoms with E-state index < -0.39 is 0 Å². The van der Waals surface area contributed by atoms with Crippen LogP contribution in [0.25, 0.3) is 0 Å². The summed E-state index contributed by atoms with van der Waals surface area (Å²) in [7, 11) is 0. The molecule has 28 heavy (non-hydrogen) atoms. The lowest BCUT2D eigenvalue weighted by Gasteiger charge is -2.54. The quantitative estimate of drug-likeness (QED) is 0.581. The van der Waals surface area contributed by atoms with Crippen LogP contribution in [0.15, 0.2) is 42.5 Å². The molecule has 4 heteroatoms. The van der Waals surface area contributed by atoms with Crippen molar-refractivity contribution in [3.8, 4) is 5.75 Å². The summed E-state index contributed by atoms with van der Waals surface area (Å²) in [6.07, 6.45) is 7.31. The molecule has 0 aliphatic heterocycles. The fourth-order valence-corrected chi connectivity index (χ4v) is 6.57. The highest BCUT2D eigenvalue weighted by molar-refractivity contribution is 6.35. The maximum atomic E-state index is 6.25. The van der Waals surface area contributed by atoms with Crippen molar-refractivity contribution >= 4 is 23.2 Å². The first-order valence-electron chi connectivity index (χ1n) is 10.5. The van der Waals surface area contributed by atoms with E-state index in [0.717, 1.165) is 41.5 Å². The summed E-state index contributed by atoms with van der Waals surface area (Å²) < 4.78 is 5.98. The largest absolute Gasteiger partial charge is 0.489 e. The van der Waals surface area contributed by atoms with Crippen LogP contribution >= 0.6 is 23.2 Å². The van der Waals surface area contributed by atoms with Gasteiger partial charge < -0.3 is 10.1 Å². The van der Waals surface area contributed by atoms with Gasteiger partial charge in [-0.15, -0.1) is 0 Å². The van der Waals surface area contributed by atoms with Crippen LogP contribution in [0, 0.1) is 23.7 Å². The number of benzene rings is 2. The first-order valence-corrected chi connectivity index (χ1v) is 11.3. The van der Waals surface area contributed by atoms with Gasteiger partial charge in [0.2, 0.25) is 0 Å². The number of rotatable bonds is 6. The summed E-state index contributed by atoms with van der Waals surface area (Å²) in [6, 6.07) is 14.6. The molecule has 2 aromatic rings.